The van der Waals surface area contributed by atoms with Gasteiger partial charge in [-0.2, -0.15) is 0 Å². The van der Waals surface area contributed by atoms with Gasteiger partial charge in [-0.05, 0) is 11.8 Å². The summed E-state index contributed by atoms with van der Waals surface area (Å²) in [6, 6.07) is 1.19. The molecule has 0 amide bonds. The van der Waals surface area contributed by atoms with Gasteiger partial charge in [0.15, 0.2) is 6.49 Å². The fourth-order valence-corrected chi connectivity index (χ4v) is 2.51. The Labute approximate surface area is 119 Å². The molecule has 1 aliphatic heterocycles. The molecule has 1 aromatic rings. The molecule has 10 heteroatoms. The zero-order valence-corrected chi connectivity index (χ0v) is 12.3. The van der Waals surface area contributed by atoms with E-state index < -0.39 is 36.2 Å². The number of aliphatic hydroxyl groups excluding tert-OH is 1. The predicted molar refractivity (Wildman–Crippen MR) is 74.2 cm³/mol. The minimum atomic E-state index is -2.83. The van der Waals surface area contributed by atoms with Crippen molar-refractivity contribution in [3.05, 3.63) is 33.1 Å². The summed E-state index contributed by atoms with van der Waals surface area (Å²) in [4.78, 5) is 34.1. The monoisotopic (exact) mass is 322 g/mol. The van der Waals surface area contributed by atoms with E-state index in [2.05, 4.69) is 4.98 Å². The molecule has 0 bridgehead atoms. The first-order valence-corrected chi connectivity index (χ1v) is 8.98. The van der Waals surface area contributed by atoms with Crippen molar-refractivity contribution >= 4 is 18.3 Å². The Kier molecular flexibility index (Phi) is 4.58. The number of nitrogens with one attached hydrogen (secondary N) is 1. The van der Waals surface area contributed by atoms with Gasteiger partial charge in [-0.1, -0.05) is 0 Å². The van der Waals surface area contributed by atoms with Gasteiger partial charge in [0.25, 0.3) is 5.56 Å². The molecule has 20 heavy (non-hydrogen) atoms. The van der Waals surface area contributed by atoms with E-state index in [9.17, 15) is 19.6 Å². The molecule has 0 aromatic carbocycles. The van der Waals surface area contributed by atoms with Gasteiger partial charge in [0.2, 0.25) is 0 Å². The lowest BCUT2D eigenvalue weighted by atomic mass is 10.2. The maximum absolute atomic E-state index is 11.6. The zero-order valence-electron chi connectivity index (χ0n) is 10.6. The van der Waals surface area contributed by atoms with E-state index in [1.807, 2.05) is 0 Å². The highest BCUT2D eigenvalue weighted by atomic mass is 32.5. The average Bonchev–Trinajstić information content (AvgIpc) is 2.67. The van der Waals surface area contributed by atoms with Gasteiger partial charge in [-0.15, -0.1) is 0 Å². The number of hydrogen-bond acceptors (Lipinski definition) is 6. The zero-order chi connectivity index (χ0) is 14.9. The fraction of sp³-hybridized carbons (Fsp3) is 0.600. The quantitative estimate of drug-likeness (QED) is 0.618. The fourth-order valence-electron chi connectivity index (χ4n) is 1.90. The number of aromatic nitrogens is 2. The molecule has 3 N–H and O–H groups in total. The summed E-state index contributed by atoms with van der Waals surface area (Å²) in [5.74, 6) is 0. The number of H-pyrrole nitrogens is 1. The summed E-state index contributed by atoms with van der Waals surface area (Å²) in [6.07, 6.45) is -0.749. The van der Waals surface area contributed by atoms with E-state index in [1.54, 1.807) is 0 Å². The van der Waals surface area contributed by atoms with Crippen molar-refractivity contribution in [3.63, 3.8) is 0 Å². The Balaban J connectivity index is 2.08. The van der Waals surface area contributed by atoms with Crippen molar-refractivity contribution in [3.8, 4) is 0 Å². The SMILES string of the molecule is CP(O)(=S)OC[C@H]1OC(n2ccc(=O)[nH]c2=O)C[C@@H]1O. The van der Waals surface area contributed by atoms with Crippen molar-refractivity contribution in [2.24, 2.45) is 0 Å². The molecule has 1 aliphatic rings. The molecule has 0 saturated carbocycles. The van der Waals surface area contributed by atoms with Crippen LogP contribution >= 0.6 is 6.49 Å². The number of hydrogen-bond donors (Lipinski definition) is 3. The molecule has 1 fully saturated rings. The van der Waals surface area contributed by atoms with Crippen LogP contribution in [0.4, 0.5) is 0 Å². The minimum absolute atomic E-state index is 0.0555. The van der Waals surface area contributed by atoms with E-state index >= 15 is 0 Å². The Bertz CT molecular complexity index is 637. The van der Waals surface area contributed by atoms with Crippen LogP contribution in [-0.4, -0.2) is 45.0 Å². The van der Waals surface area contributed by atoms with E-state index in [0.29, 0.717) is 0 Å². The van der Waals surface area contributed by atoms with Gasteiger partial charge < -0.3 is 19.3 Å². The molecule has 8 nitrogen and oxygen atoms in total. The van der Waals surface area contributed by atoms with Crippen LogP contribution < -0.4 is 11.2 Å². The van der Waals surface area contributed by atoms with Gasteiger partial charge in [0, 0.05) is 25.3 Å². The van der Waals surface area contributed by atoms with Gasteiger partial charge in [-0.25, -0.2) is 4.79 Å². The first kappa shape index (κ1) is 15.6. The Morgan fingerprint density at radius 3 is 2.95 bits per heavy atom. The summed E-state index contributed by atoms with van der Waals surface area (Å²) < 4.78 is 11.8. The molecular weight excluding hydrogens is 307 g/mol. The lowest BCUT2D eigenvalue weighted by Gasteiger charge is -2.18. The lowest BCUT2D eigenvalue weighted by Crippen LogP contribution is -2.31. The highest BCUT2D eigenvalue weighted by molar-refractivity contribution is 8.09. The molecule has 2 rings (SSSR count). The number of ether oxygens (including phenoxy) is 1. The van der Waals surface area contributed by atoms with Gasteiger partial charge >= 0.3 is 5.69 Å². The molecule has 4 atom stereocenters. The molecular formula is C10H15N2O6PS. The molecule has 2 unspecified atom stereocenters. The largest absolute Gasteiger partial charge is 0.390 e. The van der Waals surface area contributed by atoms with E-state index in [-0.39, 0.29) is 13.0 Å². The first-order valence-electron chi connectivity index (χ1n) is 5.86. The Morgan fingerprint density at radius 1 is 1.65 bits per heavy atom. The summed E-state index contributed by atoms with van der Waals surface area (Å²) in [6.45, 7) is -1.49. The Hall–Kier alpha value is -0.830. The summed E-state index contributed by atoms with van der Waals surface area (Å²) in [7, 11) is 0. The molecule has 112 valence electrons. The van der Waals surface area contributed by atoms with E-state index in [1.165, 1.54) is 23.5 Å². The lowest BCUT2D eigenvalue weighted by molar-refractivity contribution is -0.0406. The van der Waals surface area contributed by atoms with E-state index in [4.69, 9.17) is 21.1 Å². The van der Waals surface area contributed by atoms with Crippen LogP contribution in [0, 0.1) is 0 Å². The summed E-state index contributed by atoms with van der Waals surface area (Å²) in [5, 5.41) is 9.87. The highest BCUT2D eigenvalue weighted by Gasteiger charge is 2.36. The number of aromatic amines is 1. The van der Waals surface area contributed by atoms with Crippen LogP contribution in [-0.2, 0) is 21.1 Å². The summed E-state index contributed by atoms with van der Waals surface area (Å²) in [5.41, 5.74) is -1.12. The van der Waals surface area contributed by atoms with Crippen LogP contribution in [0.5, 0.6) is 0 Å². The van der Waals surface area contributed by atoms with Crippen molar-refractivity contribution in [1.29, 1.82) is 0 Å². The van der Waals surface area contributed by atoms with Crippen molar-refractivity contribution < 1.29 is 19.3 Å². The molecule has 1 aromatic heterocycles. The van der Waals surface area contributed by atoms with Crippen LogP contribution in [0.3, 0.4) is 0 Å². The molecule has 0 radical (unpaired) electrons. The molecule has 0 spiro atoms. The summed E-state index contributed by atoms with van der Waals surface area (Å²) >= 11 is 4.73. The van der Waals surface area contributed by atoms with Crippen LogP contribution in [0.1, 0.15) is 12.6 Å². The number of nitrogens with zero attached hydrogens (tertiary/aromatic N) is 1. The topological polar surface area (TPSA) is 114 Å². The third-order valence-corrected chi connectivity index (χ3v) is 3.79. The van der Waals surface area contributed by atoms with Gasteiger partial charge in [0.05, 0.1) is 12.7 Å². The third kappa shape index (κ3) is 3.85. The van der Waals surface area contributed by atoms with Crippen LogP contribution in [0.2, 0.25) is 0 Å². The van der Waals surface area contributed by atoms with Crippen LogP contribution in [0.25, 0.3) is 0 Å². The van der Waals surface area contributed by atoms with Crippen molar-refractivity contribution in [2.45, 2.75) is 24.9 Å². The predicted octanol–water partition coefficient (Wildman–Crippen LogP) is -0.867. The molecule has 2 heterocycles. The highest BCUT2D eigenvalue weighted by Crippen LogP contribution is 2.38. The molecule has 1 saturated heterocycles. The standard InChI is InChI=1S/C10H15N2O6PS/c1-19(16,20)17-5-7-6(13)4-9(18-7)12-3-2-8(14)11-10(12)15/h2-3,6-7,9,13H,4-5H2,1H3,(H,16,20)(H,11,14,15)/t6-,7+,9?,19?/m0/s1. The van der Waals surface area contributed by atoms with Crippen LogP contribution in [0.15, 0.2) is 21.9 Å². The second kappa shape index (κ2) is 5.88. The van der Waals surface area contributed by atoms with Crippen molar-refractivity contribution in [1.82, 2.24) is 9.55 Å². The van der Waals surface area contributed by atoms with Gasteiger partial charge in [-0.3, -0.25) is 14.3 Å². The number of rotatable bonds is 4. The minimum Gasteiger partial charge on any atom is -0.390 e. The Morgan fingerprint density at radius 2 is 2.35 bits per heavy atom. The molecule has 0 aliphatic carbocycles. The smallest absolute Gasteiger partial charge is 0.330 e. The second-order valence-corrected chi connectivity index (χ2v) is 8.45. The van der Waals surface area contributed by atoms with E-state index in [0.717, 1.165) is 0 Å². The normalized spacial score (nSPS) is 29.2. The third-order valence-electron chi connectivity index (χ3n) is 2.84. The van der Waals surface area contributed by atoms with Crippen molar-refractivity contribution in [2.75, 3.05) is 13.3 Å². The first-order chi connectivity index (χ1) is 9.26. The van der Waals surface area contributed by atoms with Gasteiger partial charge in [0.1, 0.15) is 12.3 Å². The average molecular weight is 322 g/mol. The maximum atomic E-state index is 11.6. The maximum Gasteiger partial charge on any atom is 0.330 e. The number of aliphatic hydroxyl groups is 1. The second-order valence-electron chi connectivity index (χ2n) is 4.55.